The molecule has 0 aromatic heterocycles. The van der Waals surface area contributed by atoms with Gasteiger partial charge in [0, 0.05) is 17.7 Å². The number of hydrogen-bond donors (Lipinski definition) is 0. The molecule has 3 aromatic rings. The molecule has 0 bridgehead atoms. The third-order valence-corrected chi connectivity index (χ3v) is 5.04. The predicted octanol–water partition coefficient (Wildman–Crippen LogP) is 4.57. The van der Waals surface area contributed by atoms with E-state index in [-0.39, 0.29) is 34.3 Å². The van der Waals surface area contributed by atoms with Crippen molar-refractivity contribution < 1.29 is 33.5 Å². The molecule has 4 rings (SSSR count). The van der Waals surface area contributed by atoms with Crippen LogP contribution in [0.5, 0.6) is 17.2 Å². The summed E-state index contributed by atoms with van der Waals surface area (Å²) in [5.74, 6) is -0.0473. The minimum Gasteiger partial charge on any atom is -0.497 e. The number of ether oxygens (including phenoxy) is 4. The first-order chi connectivity index (χ1) is 17.4. The lowest BCUT2D eigenvalue weighted by Gasteiger charge is -2.11. The van der Waals surface area contributed by atoms with Gasteiger partial charge in [-0.25, -0.2) is 14.6 Å². The lowest BCUT2D eigenvalue weighted by molar-refractivity contribution is -0.384. The van der Waals surface area contributed by atoms with Gasteiger partial charge in [0.2, 0.25) is 5.90 Å². The molecule has 0 unspecified atom stereocenters. The van der Waals surface area contributed by atoms with E-state index in [2.05, 4.69) is 4.99 Å². The van der Waals surface area contributed by atoms with Crippen LogP contribution in [0, 0.1) is 10.1 Å². The highest BCUT2D eigenvalue weighted by Gasteiger charge is 2.24. The Morgan fingerprint density at radius 1 is 1.06 bits per heavy atom. The summed E-state index contributed by atoms with van der Waals surface area (Å²) in [7, 11) is 1.56. The molecular formula is C26H20N2O8. The van der Waals surface area contributed by atoms with Gasteiger partial charge in [-0.2, -0.15) is 0 Å². The highest BCUT2D eigenvalue weighted by molar-refractivity contribution is 6.12. The zero-order chi connectivity index (χ0) is 25.7. The lowest BCUT2D eigenvalue weighted by atomic mass is 10.1. The van der Waals surface area contributed by atoms with Gasteiger partial charge in [-0.3, -0.25) is 10.1 Å². The van der Waals surface area contributed by atoms with Crippen LogP contribution in [0.2, 0.25) is 0 Å². The van der Waals surface area contributed by atoms with Crippen molar-refractivity contribution in [2.24, 2.45) is 4.99 Å². The Labute approximate surface area is 205 Å². The average Bonchev–Trinajstić information content (AvgIpc) is 3.25. The Bertz CT molecular complexity index is 1380. The molecule has 182 valence electrons. The number of nitrogens with zero attached hydrogens (tertiary/aromatic N) is 2. The molecule has 1 aliphatic heterocycles. The topological polar surface area (TPSA) is 127 Å². The highest BCUT2D eigenvalue weighted by atomic mass is 16.6. The van der Waals surface area contributed by atoms with Crippen LogP contribution in [0.3, 0.4) is 0 Å². The van der Waals surface area contributed by atoms with Crippen LogP contribution in [0.1, 0.15) is 28.4 Å². The molecular weight excluding hydrogens is 468 g/mol. The van der Waals surface area contributed by atoms with E-state index in [4.69, 9.17) is 18.9 Å². The molecule has 0 N–H and O–H groups in total. The van der Waals surface area contributed by atoms with Gasteiger partial charge >= 0.3 is 11.9 Å². The molecule has 10 heteroatoms. The zero-order valence-corrected chi connectivity index (χ0v) is 19.3. The minimum atomic E-state index is -0.704. The minimum absolute atomic E-state index is 0.0962. The van der Waals surface area contributed by atoms with Gasteiger partial charge in [0.05, 0.1) is 24.2 Å². The smallest absolute Gasteiger partial charge is 0.363 e. The molecule has 36 heavy (non-hydrogen) atoms. The standard InChI is InChI=1S/C26H20N2O8/c1-3-34-23-15-16(4-13-22(23)35-25(29)18-5-9-19(10-6-18)28(31)32)14-21-26(30)36-24(27-21)17-7-11-20(33-2)12-8-17/h4-15H,3H2,1-2H3/b21-14+. The van der Waals surface area contributed by atoms with Gasteiger partial charge in [-0.05, 0) is 67.1 Å². The van der Waals surface area contributed by atoms with Crippen LogP contribution in [0.4, 0.5) is 5.69 Å². The van der Waals surface area contributed by atoms with Gasteiger partial charge in [-0.15, -0.1) is 0 Å². The fraction of sp³-hybridized carbons (Fsp3) is 0.115. The maximum absolute atomic E-state index is 12.5. The third kappa shape index (κ3) is 5.39. The molecule has 0 radical (unpaired) electrons. The summed E-state index contributed by atoms with van der Waals surface area (Å²) in [6.07, 6.45) is 1.53. The number of carbonyl (C=O) groups excluding carboxylic acids is 2. The van der Waals surface area contributed by atoms with Gasteiger partial charge in [0.15, 0.2) is 17.2 Å². The number of aliphatic imine (C=N–C) groups is 1. The SMILES string of the molecule is CCOc1cc(/C=C2/N=C(c3ccc(OC)cc3)OC2=O)ccc1OC(=O)c1ccc([N+](=O)[O-])cc1. The first-order valence-electron chi connectivity index (χ1n) is 10.8. The van der Waals surface area contributed by atoms with Crippen LogP contribution in [0.25, 0.3) is 6.08 Å². The molecule has 0 atom stereocenters. The summed E-state index contributed by atoms with van der Waals surface area (Å²) < 4.78 is 21.5. The number of methoxy groups -OCH3 is 1. The number of hydrogen-bond acceptors (Lipinski definition) is 9. The van der Waals surface area contributed by atoms with E-state index in [0.717, 1.165) is 0 Å². The van der Waals surface area contributed by atoms with Crippen molar-refractivity contribution in [3.8, 4) is 17.2 Å². The van der Waals surface area contributed by atoms with Crippen molar-refractivity contribution in [2.75, 3.05) is 13.7 Å². The molecule has 0 fully saturated rings. The summed E-state index contributed by atoms with van der Waals surface area (Å²) in [6.45, 7) is 2.07. The van der Waals surface area contributed by atoms with Crippen LogP contribution in [0.15, 0.2) is 77.4 Å². The molecule has 3 aromatic carbocycles. The van der Waals surface area contributed by atoms with E-state index in [1.807, 2.05) is 0 Å². The maximum Gasteiger partial charge on any atom is 0.363 e. The number of rotatable bonds is 8. The summed E-state index contributed by atoms with van der Waals surface area (Å²) in [5, 5.41) is 10.8. The van der Waals surface area contributed by atoms with Crippen LogP contribution in [-0.4, -0.2) is 36.5 Å². The third-order valence-electron chi connectivity index (χ3n) is 5.04. The maximum atomic E-state index is 12.5. The van der Waals surface area contributed by atoms with E-state index in [1.54, 1.807) is 50.4 Å². The monoisotopic (exact) mass is 488 g/mol. The Morgan fingerprint density at radius 3 is 2.42 bits per heavy atom. The summed E-state index contributed by atoms with van der Waals surface area (Å²) >= 11 is 0. The van der Waals surface area contributed by atoms with Crippen LogP contribution < -0.4 is 14.2 Å². The summed E-state index contributed by atoms with van der Waals surface area (Å²) in [6, 6.07) is 16.7. The van der Waals surface area contributed by atoms with Crippen molar-refractivity contribution in [1.29, 1.82) is 0 Å². The number of benzene rings is 3. The average molecular weight is 488 g/mol. The van der Waals surface area contributed by atoms with Crippen molar-refractivity contribution in [3.63, 3.8) is 0 Å². The fourth-order valence-corrected chi connectivity index (χ4v) is 3.27. The Kier molecular flexibility index (Phi) is 7.05. The molecule has 0 aliphatic carbocycles. The number of esters is 2. The second-order valence-corrected chi connectivity index (χ2v) is 7.40. The van der Waals surface area contributed by atoms with Crippen molar-refractivity contribution >= 4 is 29.6 Å². The van der Waals surface area contributed by atoms with Gasteiger partial charge in [-0.1, -0.05) is 6.07 Å². The van der Waals surface area contributed by atoms with Crippen molar-refractivity contribution in [3.05, 3.63) is 99.2 Å². The first-order valence-corrected chi connectivity index (χ1v) is 10.8. The number of cyclic esters (lactones) is 1. The van der Waals surface area contributed by atoms with Crippen LogP contribution >= 0.6 is 0 Å². The van der Waals surface area contributed by atoms with Gasteiger partial charge in [0.1, 0.15) is 5.75 Å². The lowest BCUT2D eigenvalue weighted by Crippen LogP contribution is -2.10. The second kappa shape index (κ2) is 10.5. The van der Waals surface area contributed by atoms with E-state index in [9.17, 15) is 19.7 Å². The molecule has 1 heterocycles. The molecule has 10 nitrogen and oxygen atoms in total. The molecule has 0 saturated heterocycles. The summed E-state index contributed by atoms with van der Waals surface area (Å²) in [4.78, 5) is 39.4. The normalized spacial score (nSPS) is 13.7. The molecule has 0 saturated carbocycles. The largest absolute Gasteiger partial charge is 0.497 e. The zero-order valence-electron chi connectivity index (χ0n) is 19.3. The van der Waals surface area contributed by atoms with Gasteiger partial charge < -0.3 is 18.9 Å². The van der Waals surface area contributed by atoms with E-state index < -0.39 is 16.9 Å². The van der Waals surface area contributed by atoms with Gasteiger partial charge in [0.25, 0.3) is 5.69 Å². The number of nitro benzene ring substituents is 1. The highest BCUT2D eigenvalue weighted by Crippen LogP contribution is 2.31. The number of nitro groups is 1. The molecule has 0 amide bonds. The van der Waals surface area contributed by atoms with E-state index >= 15 is 0 Å². The van der Waals surface area contributed by atoms with E-state index in [0.29, 0.717) is 23.5 Å². The first kappa shape index (κ1) is 24.1. The predicted molar refractivity (Wildman–Crippen MR) is 129 cm³/mol. The quantitative estimate of drug-likeness (QED) is 0.148. The Morgan fingerprint density at radius 2 is 1.78 bits per heavy atom. The van der Waals surface area contributed by atoms with E-state index in [1.165, 1.54) is 36.4 Å². The summed E-state index contributed by atoms with van der Waals surface area (Å²) in [5.41, 5.74) is 1.29. The fourth-order valence-electron chi connectivity index (χ4n) is 3.27. The number of non-ortho nitro benzene ring substituents is 1. The van der Waals surface area contributed by atoms with Crippen molar-refractivity contribution in [2.45, 2.75) is 6.92 Å². The van der Waals surface area contributed by atoms with Crippen LogP contribution in [-0.2, 0) is 9.53 Å². The van der Waals surface area contributed by atoms with Crippen molar-refractivity contribution in [1.82, 2.24) is 0 Å². The second-order valence-electron chi connectivity index (χ2n) is 7.40. The number of carbonyl (C=O) groups is 2. The Hall–Kier alpha value is -4.99. The molecule has 1 aliphatic rings. The molecule has 0 spiro atoms. The Balaban J connectivity index is 1.55.